The minimum atomic E-state index is -0.574. The molecular weight excluding hydrogens is 244 g/mol. The molecule has 0 saturated heterocycles. The average Bonchev–Trinajstić information content (AvgIpc) is 2.39. The molecule has 5 heteroatoms. The molecule has 0 amide bonds. The number of nitrogens with zero attached hydrogens (tertiary/aromatic N) is 2. The zero-order chi connectivity index (χ0) is 14.5. The van der Waals surface area contributed by atoms with Crippen LogP contribution in [0.15, 0.2) is 6.20 Å². The highest BCUT2D eigenvalue weighted by Gasteiger charge is 2.25. The highest BCUT2D eigenvalue weighted by Crippen LogP contribution is 2.21. The first-order valence-corrected chi connectivity index (χ1v) is 6.54. The van der Waals surface area contributed by atoms with Crippen LogP contribution in [0.3, 0.4) is 0 Å². The number of rotatable bonds is 6. The maximum Gasteiger partial charge on any atom is 0.341 e. The van der Waals surface area contributed by atoms with Crippen molar-refractivity contribution in [2.75, 3.05) is 13.7 Å². The fourth-order valence-corrected chi connectivity index (χ4v) is 1.61. The van der Waals surface area contributed by atoms with Crippen LogP contribution in [-0.4, -0.2) is 29.7 Å². The van der Waals surface area contributed by atoms with E-state index in [-0.39, 0.29) is 5.97 Å². The summed E-state index contributed by atoms with van der Waals surface area (Å²) in [5, 5.41) is 0. The predicted molar refractivity (Wildman–Crippen MR) is 72.0 cm³/mol. The summed E-state index contributed by atoms with van der Waals surface area (Å²) < 4.78 is 10.4. The Balaban J connectivity index is 3.18. The van der Waals surface area contributed by atoms with Gasteiger partial charge in [0.2, 0.25) is 0 Å². The fraction of sp³-hybridized carbons (Fsp3) is 0.643. The molecule has 1 aromatic heterocycles. The molecule has 1 rings (SSSR count). The van der Waals surface area contributed by atoms with E-state index in [9.17, 15) is 4.79 Å². The van der Waals surface area contributed by atoms with E-state index in [2.05, 4.69) is 9.97 Å². The van der Waals surface area contributed by atoms with Crippen molar-refractivity contribution in [2.45, 2.75) is 46.1 Å². The molecule has 1 aromatic rings. The van der Waals surface area contributed by atoms with E-state index in [0.29, 0.717) is 24.4 Å². The van der Waals surface area contributed by atoms with Crippen molar-refractivity contribution in [3.63, 3.8) is 0 Å². The first-order valence-electron chi connectivity index (χ1n) is 6.54. The number of aryl methyl sites for hydroxylation is 1. The molecule has 0 N–H and O–H groups in total. The lowest BCUT2D eigenvalue weighted by Gasteiger charge is -2.22. The summed E-state index contributed by atoms with van der Waals surface area (Å²) in [5.41, 5.74) is 0.589. The van der Waals surface area contributed by atoms with Gasteiger partial charge in [-0.3, -0.25) is 0 Å². The van der Waals surface area contributed by atoms with E-state index < -0.39 is 5.60 Å². The van der Waals surface area contributed by atoms with Gasteiger partial charge in [-0.15, -0.1) is 0 Å². The van der Waals surface area contributed by atoms with Crippen LogP contribution in [0.4, 0.5) is 0 Å². The van der Waals surface area contributed by atoms with Crippen molar-refractivity contribution in [1.82, 2.24) is 9.97 Å². The Morgan fingerprint density at radius 1 is 1.37 bits per heavy atom. The van der Waals surface area contributed by atoms with Gasteiger partial charge >= 0.3 is 5.97 Å². The smallest absolute Gasteiger partial charge is 0.341 e. The highest BCUT2D eigenvalue weighted by atomic mass is 16.5. The van der Waals surface area contributed by atoms with E-state index in [1.807, 2.05) is 20.8 Å². The van der Waals surface area contributed by atoms with Crippen LogP contribution in [0, 0.1) is 0 Å². The standard InChI is InChI=1S/C14H22N2O3/c1-6-8-11-10(12(17)19-7-2)9-15-13(16-11)14(3,4)18-5/h9H,6-8H2,1-5H3. The van der Waals surface area contributed by atoms with Gasteiger partial charge < -0.3 is 9.47 Å². The molecule has 0 aromatic carbocycles. The normalized spacial score (nSPS) is 11.4. The van der Waals surface area contributed by atoms with E-state index >= 15 is 0 Å². The summed E-state index contributed by atoms with van der Waals surface area (Å²) in [4.78, 5) is 20.5. The van der Waals surface area contributed by atoms with Crippen molar-refractivity contribution < 1.29 is 14.3 Å². The first kappa shape index (κ1) is 15.6. The molecule has 0 atom stereocenters. The van der Waals surface area contributed by atoms with Gasteiger partial charge in [0.25, 0.3) is 0 Å². The second-order valence-corrected chi connectivity index (χ2v) is 4.74. The lowest BCUT2D eigenvalue weighted by Crippen LogP contribution is -2.24. The summed E-state index contributed by atoms with van der Waals surface area (Å²) >= 11 is 0. The Labute approximate surface area is 114 Å². The third-order valence-electron chi connectivity index (χ3n) is 2.90. The zero-order valence-corrected chi connectivity index (χ0v) is 12.3. The average molecular weight is 266 g/mol. The minimum Gasteiger partial charge on any atom is -0.462 e. The molecule has 19 heavy (non-hydrogen) atoms. The number of carbonyl (C=O) groups is 1. The fourth-order valence-electron chi connectivity index (χ4n) is 1.61. The van der Waals surface area contributed by atoms with E-state index in [4.69, 9.17) is 9.47 Å². The molecule has 5 nitrogen and oxygen atoms in total. The third kappa shape index (κ3) is 3.73. The predicted octanol–water partition coefficient (Wildman–Crippen LogP) is 2.49. The van der Waals surface area contributed by atoms with Gasteiger partial charge in [-0.25, -0.2) is 14.8 Å². The Kier molecular flexibility index (Phi) is 5.42. The molecule has 0 saturated carbocycles. The number of hydrogen-bond donors (Lipinski definition) is 0. The quantitative estimate of drug-likeness (QED) is 0.740. The van der Waals surface area contributed by atoms with Crippen molar-refractivity contribution in [3.05, 3.63) is 23.3 Å². The molecule has 106 valence electrons. The third-order valence-corrected chi connectivity index (χ3v) is 2.90. The maximum absolute atomic E-state index is 11.8. The lowest BCUT2D eigenvalue weighted by molar-refractivity contribution is 0.0111. The highest BCUT2D eigenvalue weighted by molar-refractivity contribution is 5.90. The van der Waals surface area contributed by atoms with Gasteiger partial charge in [0, 0.05) is 13.3 Å². The number of carbonyl (C=O) groups excluding carboxylic acids is 1. The van der Waals surface area contributed by atoms with E-state index in [1.165, 1.54) is 6.20 Å². The molecule has 0 bridgehead atoms. The molecule has 0 spiro atoms. The van der Waals surface area contributed by atoms with E-state index in [1.54, 1.807) is 14.0 Å². The molecule has 0 aliphatic heterocycles. The van der Waals surface area contributed by atoms with Crippen LogP contribution in [-0.2, 0) is 21.5 Å². The topological polar surface area (TPSA) is 61.3 Å². The van der Waals surface area contributed by atoms with Crippen LogP contribution >= 0.6 is 0 Å². The van der Waals surface area contributed by atoms with Gasteiger partial charge in [0.05, 0.1) is 17.9 Å². The molecule has 0 unspecified atom stereocenters. The Morgan fingerprint density at radius 2 is 2.05 bits per heavy atom. The zero-order valence-electron chi connectivity index (χ0n) is 12.3. The molecule has 0 radical (unpaired) electrons. The first-order chi connectivity index (χ1) is 8.96. The lowest BCUT2D eigenvalue weighted by atomic mass is 10.1. The summed E-state index contributed by atoms with van der Waals surface area (Å²) in [7, 11) is 1.61. The summed E-state index contributed by atoms with van der Waals surface area (Å²) in [5.74, 6) is 0.208. The Hall–Kier alpha value is -1.49. The molecule has 0 aliphatic rings. The number of ether oxygens (including phenoxy) is 2. The number of esters is 1. The SMILES string of the molecule is CCCc1nc(C(C)(C)OC)ncc1C(=O)OCC. The van der Waals surface area contributed by atoms with Gasteiger partial charge in [-0.2, -0.15) is 0 Å². The van der Waals surface area contributed by atoms with Crippen LogP contribution in [0.5, 0.6) is 0 Å². The van der Waals surface area contributed by atoms with Gasteiger partial charge in [-0.05, 0) is 27.2 Å². The van der Waals surface area contributed by atoms with Crippen LogP contribution < -0.4 is 0 Å². The summed E-state index contributed by atoms with van der Waals surface area (Å²) in [6.07, 6.45) is 3.14. The van der Waals surface area contributed by atoms with Crippen molar-refractivity contribution in [1.29, 1.82) is 0 Å². The van der Waals surface area contributed by atoms with Crippen LogP contribution in [0.25, 0.3) is 0 Å². The van der Waals surface area contributed by atoms with Crippen molar-refractivity contribution in [2.24, 2.45) is 0 Å². The van der Waals surface area contributed by atoms with Gasteiger partial charge in [0.1, 0.15) is 5.60 Å². The van der Waals surface area contributed by atoms with Gasteiger partial charge in [0.15, 0.2) is 5.82 Å². The van der Waals surface area contributed by atoms with Crippen molar-refractivity contribution in [3.8, 4) is 0 Å². The summed E-state index contributed by atoms with van der Waals surface area (Å²) in [6, 6.07) is 0. The number of hydrogen-bond acceptors (Lipinski definition) is 5. The number of methoxy groups -OCH3 is 1. The second-order valence-electron chi connectivity index (χ2n) is 4.74. The van der Waals surface area contributed by atoms with Crippen LogP contribution in [0.1, 0.15) is 56.0 Å². The second kappa shape index (κ2) is 6.61. The minimum absolute atomic E-state index is 0.343. The molecule has 0 fully saturated rings. The van der Waals surface area contributed by atoms with Crippen LogP contribution in [0.2, 0.25) is 0 Å². The van der Waals surface area contributed by atoms with E-state index in [0.717, 1.165) is 12.1 Å². The Bertz CT molecular complexity index is 444. The summed E-state index contributed by atoms with van der Waals surface area (Å²) in [6.45, 7) is 7.94. The monoisotopic (exact) mass is 266 g/mol. The largest absolute Gasteiger partial charge is 0.462 e. The number of aromatic nitrogens is 2. The molecular formula is C14H22N2O3. The molecule has 1 heterocycles. The molecule has 0 aliphatic carbocycles. The Morgan fingerprint density at radius 3 is 2.58 bits per heavy atom. The van der Waals surface area contributed by atoms with Gasteiger partial charge in [-0.1, -0.05) is 13.3 Å². The maximum atomic E-state index is 11.8. The van der Waals surface area contributed by atoms with Crippen molar-refractivity contribution >= 4 is 5.97 Å².